The maximum Gasteiger partial charge on any atom is 0.336 e. The number of nitrogens with zero attached hydrogens (tertiary/aromatic N) is 3. The van der Waals surface area contributed by atoms with E-state index in [2.05, 4.69) is 10.3 Å². The summed E-state index contributed by atoms with van der Waals surface area (Å²) in [5, 5.41) is 13.0. The number of urea groups is 1. The first-order chi connectivity index (χ1) is 14.4. The number of nitrogens with one attached hydrogen (secondary N) is 1. The van der Waals surface area contributed by atoms with Gasteiger partial charge in [-0.25, -0.2) is 9.69 Å². The van der Waals surface area contributed by atoms with Crippen molar-refractivity contribution >= 4 is 35.3 Å². The van der Waals surface area contributed by atoms with Crippen LogP contribution in [0.3, 0.4) is 0 Å². The lowest BCUT2D eigenvalue weighted by atomic mass is 10.1. The molecule has 0 bridgehead atoms. The number of benzene rings is 1. The number of nitro groups is 1. The first-order valence-electron chi connectivity index (χ1n) is 8.60. The summed E-state index contributed by atoms with van der Waals surface area (Å²) in [6.45, 7) is 0. The number of carbonyl (C=O) groups excluding carboxylic acids is 3. The van der Waals surface area contributed by atoms with Gasteiger partial charge in [0.1, 0.15) is 17.1 Å². The Hall–Kier alpha value is -4.60. The molecule has 0 atom stereocenters. The van der Waals surface area contributed by atoms with Crippen molar-refractivity contribution in [2.75, 3.05) is 4.90 Å². The molecule has 30 heavy (non-hydrogen) atoms. The molecule has 0 spiro atoms. The van der Waals surface area contributed by atoms with Crippen LogP contribution in [0.25, 0.3) is 17.4 Å². The summed E-state index contributed by atoms with van der Waals surface area (Å²) in [6, 6.07) is 11.1. The largest absolute Gasteiger partial charge is 0.457 e. The number of furan rings is 1. The molecule has 2 aromatic heterocycles. The second-order valence-corrected chi connectivity index (χ2v) is 6.18. The topological polar surface area (TPSA) is 136 Å². The Morgan fingerprint density at radius 2 is 1.93 bits per heavy atom. The third-order valence-corrected chi connectivity index (χ3v) is 4.26. The smallest absolute Gasteiger partial charge is 0.336 e. The summed E-state index contributed by atoms with van der Waals surface area (Å²) < 4.78 is 5.62. The number of rotatable bonds is 4. The van der Waals surface area contributed by atoms with Gasteiger partial charge in [-0.1, -0.05) is 12.1 Å². The quantitative estimate of drug-likeness (QED) is 0.306. The first-order valence-corrected chi connectivity index (χ1v) is 8.60. The highest BCUT2D eigenvalue weighted by Crippen LogP contribution is 2.27. The summed E-state index contributed by atoms with van der Waals surface area (Å²) >= 11 is 0. The van der Waals surface area contributed by atoms with E-state index in [1.54, 1.807) is 18.2 Å². The van der Waals surface area contributed by atoms with Gasteiger partial charge in [-0.2, -0.15) is 0 Å². The minimum atomic E-state index is -0.883. The second kappa shape index (κ2) is 7.43. The predicted octanol–water partition coefficient (Wildman–Crippen LogP) is 2.92. The lowest BCUT2D eigenvalue weighted by Crippen LogP contribution is -2.54. The van der Waals surface area contributed by atoms with Crippen LogP contribution in [0.4, 0.5) is 16.2 Å². The van der Waals surface area contributed by atoms with Crippen LogP contribution in [0.1, 0.15) is 5.76 Å². The Morgan fingerprint density at radius 1 is 1.10 bits per heavy atom. The van der Waals surface area contributed by atoms with Gasteiger partial charge in [-0.15, -0.1) is 0 Å². The van der Waals surface area contributed by atoms with Gasteiger partial charge in [0.2, 0.25) is 0 Å². The molecular weight excluding hydrogens is 392 g/mol. The summed E-state index contributed by atoms with van der Waals surface area (Å²) in [7, 11) is 0. The van der Waals surface area contributed by atoms with Gasteiger partial charge in [0.25, 0.3) is 17.5 Å². The van der Waals surface area contributed by atoms with Crippen LogP contribution in [0.5, 0.6) is 0 Å². The molecule has 1 aliphatic heterocycles. The lowest BCUT2D eigenvalue weighted by molar-refractivity contribution is -0.384. The minimum absolute atomic E-state index is 0.101. The van der Waals surface area contributed by atoms with E-state index < -0.39 is 22.8 Å². The van der Waals surface area contributed by atoms with E-state index in [1.165, 1.54) is 48.8 Å². The second-order valence-electron chi connectivity index (χ2n) is 6.18. The van der Waals surface area contributed by atoms with Gasteiger partial charge >= 0.3 is 6.03 Å². The van der Waals surface area contributed by atoms with Crippen LogP contribution < -0.4 is 10.2 Å². The van der Waals surface area contributed by atoms with Crippen LogP contribution in [0.15, 0.2) is 70.9 Å². The highest BCUT2D eigenvalue weighted by Gasteiger charge is 2.37. The van der Waals surface area contributed by atoms with E-state index in [9.17, 15) is 24.5 Å². The van der Waals surface area contributed by atoms with E-state index in [-0.39, 0.29) is 22.7 Å². The number of amides is 4. The molecule has 4 amide bonds. The molecule has 0 saturated carbocycles. The molecule has 4 rings (SSSR count). The van der Waals surface area contributed by atoms with Crippen LogP contribution >= 0.6 is 0 Å². The molecule has 148 valence electrons. The van der Waals surface area contributed by atoms with E-state index in [1.807, 2.05) is 0 Å². The average molecular weight is 404 g/mol. The van der Waals surface area contributed by atoms with Crippen LogP contribution in [-0.2, 0) is 9.59 Å². The van der Waals surface area contributed by atoms with E-state index in [4.69, 9.17) is 4.42 Å². The van der Waals surface area contributed by atoms with Crippen molar-refractivity contribution in [1.29, 1.82) is 0 Å². The van der Waals surface area contributed by atoms with E-state index >= 15 is 0 Å². The maximum absolute atomic E-state index is 12.8. The fourth-order valence-corrected chi connectivity index (χ4v) is 2.88. The van der Waals surface area contributed by atoms with Gasteiger partial charge in [0, 0.05) is 23.9 Å². The molecule has 1 fully saturated rings. The molecule has 10 nitrogen and oxygen atoms in total. The molecule has 1 aliphatic rings. The summed E-state index contributed by atoms with van der Waals surface area (Å²) in [5.41, 5.74) is 0.255. The molecule has 1 aromatic carbocycles. The Kier molecular flexibility index (Phi) is 4.64. The van der Waals surface area contributed by atoms with E-state index in [0.717, 1.165) is 4.90 Å². The van der Waals surface area contributed by atoms with E-state index in [0.29, 0.717) is 11.3 Å². The Morgan fingerprint density at radius 3 is 2.67 bits per heavy atom. The Labute approximate surface area is 168 Å². The van der Waals surface area contributed by atoms with Gasteiger partial charge in [0.15, 0.2) is 0 Å². The normalized spacial score (nSPS) is 15.4. The van der Waals surface area contributed by atoms with Gasteiger partial charge in [-0.05, 0) is 30.3 Å². The monoisotopic (exact) mass is 404 g/mol. The van der Waals surface area contributed by atoms with Crippen LogP contribution in [0.2, 0.25) is 0 Å². The fraction of sp³-hybridized carbons (Fsp3) is 0. The van der Waals surface area contributed by atoms with Crippen molar-refractivity contribution < 1.29 is 23.7 Å². The number of hydrogen-bond donors (Lipinski definition) is 1. The number of anilines is 1. The molecule has 1 saturated heterocycles. The average Bonchev–Trinajstić information content (AvgIpc) is 3.21. The molecule has 0 aliphatic carbocycles. The number of carbonyl (C=O) groups is 3. The fourth-order valence-electron chi connectivity index (χ4n) is 2.88. The van der Waals surface area contributed by atoms with Crippen molar-refractivity contribution in [2.45, 2.75) is 0 Å². The predicted molar refractivity (Wildman–Crippen MR) is 104 cm³/mol. The van der Waals surface area contributed by atoms with Gasteiger partial charge in [0.05, 0.1) is 16.8 Å². The molecule has 10 heteroatoms. The number of pyridine rings is 1. The molecule has 1 N–H and O–H groups in total. The molecule has 3 aromatic rings. The van der Waals surface area contributed by atoms with Crippen LogP contribution in [0, 0.1) is 10.1 Å². The maximum atomic E-state index is 12.8. The zero-order valence-electron chi connectivity index (χ0n) is 15.1. The zero-order valence-corrected chi connectivity index (χ0v) is 15.1. The summed E-state index contributed by atoms with van der Waals surface area (Å²) in [4.78, 5) is 52.2. The lowest BCUT2D eigenvalue weighted by Gasteiger charge is -2.25. The number of non-ortho nitro benzene ring substituents is 1. The van der Waals surface area contributed by atoms with Crippen molar-refractivity contribution in [3.63, 3.8) is 0 Å². The molecule has 0 unspecified atom stereocenters. The summed E-state index contributed by atoms with van der Waals surface area (Å²) in [5.74, 6) is -1.21. The van der Waals surface area contributed by atoms with Gasteiger partial charge < -0.3 is 4.42 Å². The molecule has 3 heterocycles. The Balaban J connectivity index is 1.67. The first kappa shape index (κ1) is 18.7. The minimum Gasteiger partial charge on any atom is -0.457 e. The standard InChI is InChI=1S/C20H12N4O6/c25-18-16(19(26)23(20(27)22-18)14-5-2-8-21-11-14)10-15-6-7-17(30-15)12-3-1-4-13(9-12)24(28)29/h1-11H,(H,22,25,27)/b16-10+. The van der Waals surface area contributed by atoms with Crippen molar-refractivity contribution in [1.82, 2.24) is 10.3 Å². The van der Waals surface area contributed by atoms with Gasteiger partial charge in [-0.3, -0.25) is 30.0 Å². The highest BCUT2D eigenvalue weighted by molar-refractivity contribution is 6.39. The molecular formula is C20H12N4O6. The third-order valence-electron chi connectivity index (χ3n) is 4.26. The highest BCUT2D eigenvalue weighted by atomic mass is 16.6. The number of aromatic nitrogens is 1. The Bertz CT molecular complexity index is 1210. The SMILES string of the molecule is O=C1NC(=O)N(c2cccnc2)C(=O)/C1=C/c1ccc(-c2cccc([N+](=O)[O-])c2)o1. The van der Waals surface area contributed by atoms with Crippen molar-refractivity contribution in [3.8, 4) is 11.3 Å². The third kappa shape index (κ3) is 3.44. The van der Waals surface area contributed by atoms with Crippen molar-refractivity contribution in [3.05, 3.63) is 82.4 Å². The summed E-state index contributed by atoms with van der Waals surface area (Å²) in [6.07, 6.45) is 4.00. The number of nitro benzene ring substituents is 1. The number of barbiturate groups is 1. The number of hydrogen-bond acceptors (Lipinski definition) is 7. The number of imide groups is 2. The zero-order chi connectivity index (χ0) is 21.3. The van der Waals surface area contributed by atoms with Crippen LogP contribution in [-0.4, -0.2) is 27.8 Å². The molecule has 0 radical (unpaired) electrons. The van der Waals surface area contributed by atoms with Crippen molar-refractivity contribution in [2.24, 2.45) is 0 Å².